The minimum absolute atomic E-state index is 0.101. The van der Waals surface area contributed by atoms with E-state index >= 15 is 0 Å². The van der Waals surface area contributed by atoms with Crippen LogP contribution < -0.4 is 16.4 Å². The summed E-state index contributed by atoms with van der Waals surface area (Å²) in [5.74, 6) is -0.523. The molecular formula is C12H18FN3O2. The van der Waals surface area contributed by atoms with Gasteiger partial charge in [-0.3, -0.25) is 4.79 Å². The summed E-state index contributed by atoms with van der Waals surface area (Å²) < 4.78 is 18.2. The Labute approximate surface area is 106 Å². The molecule has 1 rings (SSSR count). The lowest BCUT2D eigenvalue weighted by Crippen LogP contribution is -2.28. The van der Waals surface area contributed by atoms with Gasteiger partial charge in [0.25, 0.3) is 0 Å². The summed E-state index contributed by atoms with van der Waals surface area (Å²) in [7, 11) is 1.57. The molecule has 0 bridgehead atoms. The van der Waals surface area contributed by atoms with Crippen LogP contribution in [-0.2, 0) is 9.53 Å². The van der Waals surface area contributed by atoms with Crippen LogP contribution in [-0.4, -0.2) is 32.7 Å². The van der Waals surface area contributed by atoms with Gasteiger partial charge in [-0.25, -0.2) is 4.39 Å². The number of ether oxygens (including phenoxy) is 1. The van der Waals surface area contributed by atoms with Crippen molar-refractivity contribution in [1.82, 2.24) is 5.32 Å². The predicted molar refractivity (Wildman–Crippen MR) is 68.8 cm³/mol. The van der Waals surface area contributed by atoms with Crippen LogP contribution in [0.3, 0.4) is 0 Å². The largest absolute Gasteiger partial charge is 0.399 e. The summed E-state index contributed by atoms with van der Waals surface area (Å²) in [6.07, 6.45) is 0.271. The molecule has 0 aliphatic heterocycles. The monoisotopic (exact) mass is 255 g/mol. The van der Waals surface area contributed by atoms with E-state index in [9.17, 15) is 9.18 Å². The normalized spacial score (nSPS) is 10.1. The molecule has 1 aromatic rings. The van der Waals surface area contributed by atoms with Crippen molar-refractivity contribution in [2.75, 3.05) is 37.9 Å². The molecule has 0 radical (unpaired) electrons. The Kier molecular flexibility index (Phi) is 5.93. The molecule has 0 spiro atoms. The lowest BCUT2D eigenvalue weighted by molar-refractivity contribution is -0.121. The van der Waals surface area contributed by atoms with Crippen LogP contribution in [0.15, 0.2) is 18.2 Å². The van der Waals surface area contributed by atoms with Gasteiger partial charge in [-0.1, -0.05) is 0 Å². The van der Waals surface area contributed by atoms with Crippen molar-refractivity contribution >= 4 is 17.3 Å². The van der Waals surface area contributed by atoms with Crippen LogP contribution in [0.1, 0.15) is 6.42 Å². The molecule has 1 amide bonds. The van der Waals surface area contributed by atoms with Gasteiger partial charge in [0.05, 0.1) is 12.3 Å². The van der Waals surface area contributed by atoms with E-state index in [1.54, 1.807) is 19.2 Å². The number of amides is 1. The minimum atomic E-state index is -0.421. The van der Waals surface area contributed by atoms with Gasteiger partial charge in [-0.15, -0.1) is 0 Å². The first-order chi connectivity index (χ1) is 8.63. The molecule has 0 heterocycles. The molecule has 0 aliphatic carbocycles. The average molecular weight is 255 g/mol. The highest BCUT2D eigenvalue weighted by Gasteiger charge is 2.03. The standard InChI is InChI=1S/C12H18FN3O2/c1-18-7-6-16-12(17)4-5-15-11-3-2-9(14)8-10(11)13/h2-3,8,15H,4-7,14H2,1H3,(H,16,17). The maximum atomic E-state index is 13.4. The fraction of sp³-hybridized carbons (Fsp3) is 0.417. The Balaban J connectivity index is 2.26. The number of rotatable bonds is 7. The third-order valence-electron chi connectivity index (χ3n) is 2.29. The average Bonchev–Trinajstić information content (AvgIpc) is 2.32. The van der Waals surface area contributed by atoms with Crippen molar-refractivity contribution in [1.29, 1.82) is 0 Å². The molecule has 0 saturated heterocycles. The number of nitrogens with two attached hydrogens (primary N) is 1. The van der Waals surface area contributed by atoms with E-state index in [2.05, 4.69) is 10.6 Å². The fourth-order valence-electron chi connectivity index (χ4n) is 1.37. The first kappa shape index (κ1) is 14.2. The number of carbonyl (C=O) groups is 1. The zero-order chi connectivity index (χ0) is 13.4. The highest BCUT2D eigenvalue weighted by atomic mass is 19.1. The van der Waals surface area contributed by atoms with E-state index < -0.39 is 5.82 Å². The molecule has 100 valence electrons. The third kappa shape index (κ3) is 5.01. The van der Waals surface area contributed by atoms with E-state index in [0.717, 1.165) is 0 Å². The molecule has 1 aromatic carbocycles. The zero-order valence-electron chi connectivity index (χ0n) is 10.3. The molecule has 18 heavy (non-hydrogen) atoms. The Morgan fingerprint density at radius 1 is 1.44 bits per heavy atom. The van der Waals surface area contributed by atoms with Crippen LogP contribution in [0.25, 0.3) is 0 Å². The second-order valence-electron chi connectivity index (χ2n) is 3.76. The summed E-state index contributed by atoms with van der Waals surface area (Å²) in [6, 6.07) is 4.39. The van der Waals surface area contributed by atoms with Crippen molar-refractivity contribution in [2.24, 2.45) is 0 Å². The van der Waals surface area contributed by atoms with Gasteiger partial charge in [-0.05, 0) is 18.2 Å². The summed E-state index contributed by atoms with van der Waals surface area (Å²) in [5, 5.41) is 5.51. The van der Waals surface area contributed by atoms with Gasteiger partial charge in [-0.2, -0.15) is 0 Å². The van der Waals surface area contributed by atoms with E-state index in [4.69, 9.17) is 10.5 Å². The highest BCUT2D eigenvalue weighted by Crippen LogP contribution is 2.16. The number of benzene rings is 1. The van der Waals surface area contributed by atoms with Crippen molar-refractivity contribution < 1.29 is 13.9 Å². The second-order valence-corrected chi connectivity index (χ2v) is 3.76. The molecule has 0 unspecified atom stereocenters. The molecule has 4 N–H and O–H groups in total. The van der Waals surface area contributed by atoms with E-state index in [1.165, 1.54) is 6.07 Å². The van der Waals surface area contributed by atoms with Crippen molar-refractivity contribution in [3.05, 3.63) is 24.0 Å². The number of anilines is 2. The van der Waals surface area contributed by atoms with Gasteiger partial charge < -0.3 is 21.1 Å². The Morgan fingerprint density at radius 3 is 2.89 bits per heavy atom. The maximum absolute atomic E-state index is 13.4. The van der Waals surface area contributed by atoms with Crippen LogP contribution in [0, 0.1) is 5.82 Å². The molecule has 6 heteroatoms. The highest BCUT2D eigenvalue weighted by molar-refractivity contribution is 5.76. The van der Waals surface area contributed by atoms with Gasteiger partial charge in [0.1, 0.15) is 5.82 Å². The number of methoxy groups -OCH3 is 1. The number of hydrogen-bond acceptors (Lipinski definition) is 4. The molecule has 0 fully saturated rings. The number of hydrogen-bond donors (Lipinski definition) is 3. The number of carbonyl (C=O) groups excluding carboxylic acids is 1. The topological polar surface area (TPSA) is 76.4 Å². The second kappa shape index (κ2) is 7.50. The van der Waals surface area contributed by atoms with Gasteiger partial charge in [0.2, 0.25) is 5.91 Å². The molecular weight excluding hydrogens is 237 g/mol. The Morgan fingerprint density at radius 2 is 2.22 bits per heavy atom. The first-order valence-electron chi connectivity index (χ1n) is 5.68. The van der Waals surface area contributed by atoms with Gasteiger partial charge in [0, 0.05) is 32.3 Å². The summed E-state index contributed by atoms with van der Waals surface area (Å²) in [4.78, 5) is 11.3. The smallest absolute Gasteiger partial charge is 0.221 e. The molecule has 0 atom stereocenters. The third-order valence-corrected chi connectivity index (χ3v) is 2.29. The van der Waals surface area contributed by atoms with E-state index in [-0.39, 0.29) is 12.3 Å². The van der Waals surface area contributed by atoms with Crippen molar-refractivity contribution in [3.63, 3.8) is 0 Å². The lowest BCUT2D eigenvalue weighted by Gasteiger charge is -2.08. The minimum Gasteiger partial charge on any atom is -0.399 e. The molecule has 0 saturated carbocycles. The Hall–Kier alpha value is -1.82. The zero-order valence-corrected chi connectivity index (χ0v) is 10.3. The quantitative estimate of drug-likeness (QED) is 0.501. The molecule has 0 aromatic heterocycles. The lowest BCUT2D eigenvalue weighted by atomic mass is 10.2. The Bertz CT molecular complexity index is 399. The number of nitrogens with one attached hydrogen (secondary N) is 2. The number of halogens is 1. The number of nitrogen functional groups attached to an aromatic ring is 1. The van der Waals surface area contributed by atoms with Gasteiger partial charge in [0.15, 0.2) is 0 Å². The van der Waals surface area contributed by atoms with Crippen molar-refractivity contribution in [3.8, 4) is 0 Å². The fourth-order valence-corrected chi connectivity index (χ4v) is 1.37. The summed E-state index contributed by atoms with van der Waals surface area (Å²) in [5.41, 5.74) is 6.14. The van der Waals surface area contributed by atoms with E-state index in [0.29, 0.717) is 31.1 Å². The SMILES string of the molecule is COCCNC(=O)CCNc1ccc(N)cc1F. The van der Waals surface area contributed by atoms with Crippen LogP contribution in [0.5, 0.6) is 0 Å². The molecule has 0 aliphatic rings. The van der Waals surface area contributed by atoms with Crippen LogP contribution in [0.4, 0.5) is 15.8 Å². The molecule has 5 nitrogen and oxygen atoms in total. The van der Waals surface area contributed by atoms with Crippen LogP contribution in [0.2, 0.25) is 0 Å². The van der Waals surface area contributed by atoms with Crippen LogP contribution >= 0.6 is 0 Å². The van der Waals surface area contributed by atoms with E-state index in [1.807, 2.05) is 0 Å². The van der Waals surface area contributed by atoms with Crippen molar-refractivity contribution in [2.45, 2.75) is 6.42 Å². The predicted octanol–water partition coefficient (Wildman–Crippen LogP) is 0.972. The first-order valence-corrected chi connectivity index (χ1v) is 5.68. The maximum Gasteiger partial charge on any atom is 0.221 e. The van der Waals surface area contributed by atoms with Gasteiger partial charge >= 0.3 is 0 Å². The summed E-state index contributed by atoms with van der Waals surface area (Å²) in [6.45, 7) is 1.32. The summed E-state index contributed by atoms with van der Waals surface area (Å²) >= 11 is 0.